The monoisotopic (exact) mass is 220 g/mol. The quantitative estimate of drug-likeness (QED) is 0.713. The van der Waals surface area contributed by atoms with Gasteiger partial charge in [0.15, 0.2) is 0 Å². The molecule has 0 heterocycles. The summed E-state index contributed by atoms with van der Waals surface area (Å²) in [5, 5.41) is 2.87. The summed E-state index contributed by atoms with van der Waals surface area (Å²) in [5.74, 6) is 0.0445. The Hall–Kier alpha value is -1.35. The van der Waals surface area contributed by atoms with E-state index in [0.717, 1.165) is 19.4 Å². The van der Waals surface area contributed by atoms with Crippen molar-refractivity contribution in [2.75, 3.05) is 6.54 Å². The average molecular weight is 220 g/mol. The molecule has 0 aromatic heterocycles. The first-order valence-corrected chi connectivity index (χ1v) is 5.74. The van der Waals surface area contributed by atoms with E-state index in [-0.39, 0.29) is 11.9 Å². The van der Waals surface area contributed by atoms with Crippen molar-refractivity contribution in [3.63, 3.8) is 0 Å². The first-order valence-electron chi connectivity index (χ1n) is 5.74. The van der Waals surface area contributed by atoms with E-state index in [1.54, 1.807) is 0 Å². The minimum atomic E-state index is -0.0610. The highest BCUT2D eigenvalue weighted by Crippen LogP contribution is 2.01. The van der Waals surface area contributed by atoms with E-state index in [1.807, 2.05) is 25.1 Å². The van der Waals surface area contributed by atoms with Crippen molar-refractivity contribution in [2.24, 2.45) is 5.73 Å². The fourth-order valence-electron chi connectivity index (χ4n) is 1.53. The number of hydrogen-bond donors (Lipinski definition) is 2. The highest BCUT2D eigenvalue weighted by atomic mass is 16.1. The Morgan fingerprint density at radius 2 is 2.06 bits per heavy atom. The maximum absolute atomic E-state index is 11.3. The van der Waals surface area contributed by atoms with Crippen LogP contribution >= 0.6 is 0 Å². The molecule has 16 heavy (non-hydrogen) atoms. The molecule has 0 aliphatic carbocycles. The van der Waals surface area contributed by atoms with Crippen molar-refractivity contribution in [3.05, 3.63) is 35.9 Å². The Balaban J connectivity index is 2.10. The highest BCUT2D eigenvalue weighted by molar-refractivity contribution is 5.76. The Bertz CT molecular complexity index is 309. The molecule has 0 saturated carbocycles. The van der Waals surface area contributed by atoms with Crippen LogP contribution in [0.4, 0.5) is 0 Å². The summed E-state index contributed by atoms with van der Waals surface area (Å²) in [4.78, 5) is 11.3. The smallest absolute Gasteiger partial charge is 0.221 e. The summed E-state index contributed by atoms with van der Waals surface area (Å²) in [7, 11) is 0. The number of carbonyl (C=O) groups is 1. The van der Waals surface area contributed by atoms with Gasteiger partial charge in [0, 0.05) is 19.0 Å². The van der Waals surface area contributed by atoms with Gasteiger partial charge in [0.05, 0.1) is 0 Å². The molecule has 0 aliphatic rings. The molecule has 1 aromatic rings. The molecule has 3 N–H and O–H groups in total. The lowest BCUT2D eigenvalue weighted by Crippen LogP contribution is -2.30. The van der Waals surface area contributed by atoms with E-state index >= 15 is 0 Å². The van der Waals surface area contributed by atoms with E-state index in [9.17, 15) is 4.79 Å². The first kappa shape index (κ1) is 12.7. The fourth-order valence-corrected chi connectivity index (χ4v) is 1.53. The number of rotatable bonds is 6. The van der Waals surface area contributed by atoms with Gasteiger partial charge in [-0.1, -0.05) is 30.3 Å². The third kappa shape index (κ3) is 5.51. The first-order chi connectivity index (χ1) is 7.68. The number of benzene rings is 1. The zero-order chi connectivity index (χ0) is 11.8. The minimum absolute atomic E-state index is 0.0445. The summed E-state index contributed by atoms with van der Waals surface area (Å²) in [6.07, 6.45) is 2.37. The molecule has 0 saturated heterocycles. The second kappa shape index (κ2) is 7.01. The number of carbonyl (C=O) groups excluding carboxylic acids is 1. The molecule has 0 radical (unpaired) electrons. The molecule has 0 aliphatic heterocycles. The van der Waals surface area contributed by atoms with Crippen LogP contribution in [0.15, 0.2) is 30.3 Å². The van der Waals surface area contributed by atoms with Gasteiger partial charge in [-0.05, 0) is 25.3 Å². The van der Waals surface area contributed by atoms with Crippen molar-refractivity contribution >= 4 is 5.91 Å². The Morgan fingerprint density at radius 3 is 2.69 bits per heavy atom. The largest absolute Gasteiger partial charge is 0.356 e. The predicted octanol–water partition coefficient (Wildman–Crippen LogP) is 1.47. The number of nitrogens with one attached hydrogen (secondary N) is 1. The van der Waals surface area contributed by atoms with Gasteiger partial charge in [-0.15, -0.1) is 0 Å². The van der Waals surface area contributed by atoms with Crippen LogP contribution in [0.5, 0.6) is 0 Å². The molecule has 0 fully saturated rings. The molecule has 88 valence electrons. The summed E-state index contributed by atoms with van der Waals surface area (Å²) in [6, 6.07) is 10.2. The number of amides is 1. The highest BCUT2D eigenvalue weighted by Gasteiger charge is 2.03. The van der Waals surface area contributed by atoms with Gasteiger partial charge in [-0.3, -0.25) is 4.79 Å². The molecule has 0 spiro atoms. The zero-order valence-electron chi connectivity index (χ0n) is 9.78. The van der Waals surface area contributed by atoms with Crippen LogP contribution in [0.1, 0.15) is 25.3 Å². The molecular weight excluding hydrogens is 200 g/mol. The second-order valence-corrected chi connectivity index (χ2v) is 4.12. The molecule has 3 nitrogen and oxygen atoms in total. The van der Waals surface area contributed by atoms with Gasteiger partial charge in [0.1, 0.15) is 0 Å². The average Bonchev–Trinajstić information content (AvgIpc) is 2.25. The molecule has 1 amide bonds. The summed E-state index contributed by atoms with van der Waals surface area (Å²) in [5.41, 5.74) is 6.84. The lowest BCUT2D eigenvalue weighted by atomic mass is 10.1. The van der Waals surface area contributed by atoms with Crippen molar-refractivity contribution in [1.29, 1.82) is 0 Å². The Labute approximate surface area is 97.0 Å². The van der Waals surface area contributed by atoms with Crippen molar-refractivity contribution < 1.29 is 4.79 Å². The third-order valence-corrected chi connectivity index (χ3v) is 2.31. The molecule has 3 heteroatoms. The lowest BCUT2D eigenvalue weighted by Gasteiger charge is -2.07. The van der Waals surface area contributed by atoms with Gasteiger partial charge in [-0.25, -0.2) is 0 Å². The maximum atomic E-state index is 11.3. The Morgan fingerprint density at radius 1 is 1.38 bits per heavy atom. The molecule has 1 aromatic carbocycles. The molecule has 0 bridgehead atoms. The number of nitrogens with two attached hydrogens (primary N) is 1. The van der Waals surface area contributed by atoms with E-state index in [0.29, 0.717) is 6.42 Å². The lowest BCUT2D eigenvalue weighted by molar-refractivity contribution is -0.121. The number of aryl methyl sites for hydroxylation is 1. The van der Waals surface area contributed by atoms with Crippen molar-refractivity contribution in [2.45, 2.75) is 32.2 Å². The Kier molecular flexibility index (Phi) is 5.57. The van der Waals surface area contributed by atoms with E-state index in [1.165, 1.54) is 5.56 Å². The van der Waals surface area contributed by atoms with Crippen LogP contribution in [0, 0.1) is 0 Å². The van der Waals surface area contributed by atoms with Gasteiger partial charge >= 0.3 is 0 Å². The van der Waals surface area contributed by atoms with Gasteiger partial charge in [0.25, 0.3) is 0 Å². The topological polar surface area (TPSA) is 55.1 Å². The molecule has 1 atom stereocenters. The SMILES string of the molecule is CC(N)CC(=O)NCCCc1ccccc1. The molecule has 1 unspecified atom stereocenters. The van der Waals surface area contributed by atoms with Crippen LogP contribution in [0.25, 0.3) is 0 Å². The van der Waals surface area contributed by atoms with Gasteiger partial charge < -0.3 is 11.1 Å². The third-order valence-electron chi connectivity index (χ3n) is 2.31. The van der Waals surface area contributed by atoms with E-state index in [2.05, 4.69) is 17.4 Å². The molecular formula is C13H20N2O. The van der Waals surface area contributed by atoms with Gasteiger partial charge in [-0.2, -0.15) is 0 Å². The standard InChI is InChI=1S/C13H20N2O/c1-11(14)10-13(16)15-9-5-8-12-6-3-2-4-7-12/h2-4,6-7,11H,5,8-10,14H2,1H3,(H,15,16). The van der Waals surface area contributed by atoms with Crippen LogP contribution in [0.2, 0.25) is 0 Å². The maximum Gasteiger partial charge on any atom is 0.221 e. The fraction of sp³-hybridized carbons (Fsp3) is 0.462. The summed E-state index contributed by atoms with van der Waals surface area (Å²) in [6.45, 7) is 2.56. The second-order valence-electron chi connectivity index (χ2n) is 4.12. The normalized spacial score (nSPS) is 12.1. The summed E-state index contributed by atoms with van der Waals surface area (Å²) >= 11 is 0. The van der Waals surface area contributed by atoms with Gasteiger partial charge in [0.2, 0.25) is 5.91 Å². The van der Waals surface area contributed by atoms with Crippen LogP contribution in [-0.4, -0.2) is 18.5 Å². The van der Waals surface area contributed by atoms with Crippen LogP contribution in [-0.2, 0) is 11.2 Å². The van der Waals surface area contributed by atoms with Crippen LogP contribution < -0.4 is 11.1 Å². The predicted molar refractivity (Wildman–Crippen MR) is 66.0 cm³/mol. The van der Waals surface area contributed by atoms with Crippen molar-refractivity contribution in [1.82, 2.24) is 5.32 Å². The summed E-state index contributed by atoms with van der Waals surface area (Å²) < 4.78 is 0. The van der Waals surface area contributed by atoms with Crippen molar-refractivity contribution in [3.8, 4) is 0 Å². The van der Waals surface area contributed by atoms with E-state index in [4.69, 9.17) is 5.73 Å². The minimum Gasteiger partial charge on any atom is -0.356 e. The zero-order valence-corrected chi connectivity index (χ0v) is 9.78. The number of hydrogen-bond acceptors (Lipinski definition) is 2. The van der Waals surface area contributed by atoms with E-state index < -0.39 is 0 Å². The van der Waals surface area contributed by atoms with Crippen LogP contribution in [0.3, 0.4) is 0 Å². The molecule has 1 rings (SSSR count).